The standard InChI is InChI=1S/C29H35ClN6O3/c1-21(2)19-36(29(38)31-24-9-5-8-23(30)18-24)20-28(37)35-14-6-13-34(15-16-35)27-12-11-26(32-33-27)22-7-4-10-25(17-22)39-3/h4-5,7-12,17-18,21H,6,13-16,19-20H2,1-3H3,(H,31,38). The summed E-state index contributed by atoms with van der Waals surface area (Å²) in [4.78, 5) is 31.8. The van der Waals surface area contributed by atoms with Crippen LogP contribution in [0.1, 0.15) is 20.3 Å². The Kier molecular flexibility index (Phi) is 9.59. The zero-order valence-electron chi connectivity index (χ0n) is 22.6. The van der Waals surface area contributed by atoms with Crippen LogP contribution >= 0.6 is 11.6 Å². The van der Waals surface area contributed by atoms with Crippen LogP contribution in [0.3, 0.4) is 0 Å². The molecule has 0 radical (unpaired) electrons. The first kappa shape index (κ1) is 28.2. The number of hydrogen-bond acceptors (Lipinski definition) is 6. The average molecular weight is 551 g/mol. The molecule has 1 aliphatic heterocycles. The molecule has 3 aromatic rings. The average Bonchev–Trinajstić information content (AvgIpc) is 3.19. The van der Waals surface area contributed by atoms with E-state index >= 15 is 0 Å². The summed E-state index contributed by atoms with van der Waals surface area (Å²) in [5.74, 6) is 1.68. The van der Waals surface area contributed by atoms with E-state index in [1.807, 2.05) is 55.1 Å². The second-order valence-electron chi connectivity index (χ2n) is 9.94. The highest BCUT2D eigenvalue weighted by Crippen LogP contribution is 2.23. The number of aromatic nitrogens is 2. The van der Waals surface area contributed by atoms with Gasteiger partial charge < -0.3 is 24.8 Å². The molecule has 1 N–H and O–H groups in total. The fourth-order valence-electron chi connectivity index (χ4n) is 4.52. The van der Waals surface area contributed by atoms with Crippen molar-refractivity contribution in [2.75, 3.05) is 56.6 Å². The van der Waals surface area contributed by atoms with Crippen molar-refractivity contribution < 1.29 is 14.3 Å². The third kappa shape index (κ3) is 7.83. The molecule has 206 valence electrons. The molecule has 10 heteroatoms. The molecule has 0 aliphatic carbocycles. The summed E-state index contributed by atoms with van der Waals surface area (Å²) < 4.78 is 5.31. The number of anilines is 2. The number of carbonyl (C=O) groups is 2. The molecule has 0 atom stereocenters. The van der Waals surface area contributed by atoms with Crippen molar-refractivity contribution >= 4 is 35.0 Å². The SMILES string of the molecule is COc1cccc(-c2ccc(N3CCCN(C(=O)CN(CC(C)C)C(=O)Nc4cccc(Cl)c4)CC3)nn2)c1. The van der Waals surface area contributed by atoms with Gasteiger partial charge in [-0.05, 0) is 54.8 Å². The van der Waals surface area contributed by atoms with Gasteiger partial charge in [-0.3, -0.25) is 4.79 Å². The summed E-state index contributed by atoms with van der Waals surface area (Å²) in [6.07, 6.45) is 0.796. The van der Waals surface area contributed by atoms with Crippen LogP contribution in [-0.4, -0.2) is 78.3 Å². The molecule has 1 saturated heterocycles. The molecule has 39 heavy (non-hydrogen) atoms. The van der Waals surface area contributed by atoms with Crippen molar-refractivity contribution in [1.29, 1.82) is 0 Å². The lowest BCUT2D eigenvalue weighted by Crippen LogP contribution is -2.46. The number of methoxy groups -OCH3 is 1. The maximum absolute atomic E-state index is 13.3. The molecule has 3 amide bonds. The van der Waals surface area contributed by atoms with Gasteiger partial charge in [-0.1, -0.05) is 43.6 Å². The number of rotatable bonds is 8. The number of ether oxygens (including phenoxy) is 1. The Hall–Kier alpha value is -3.85. The van der Waals surface area contributed by atoms with E-state index in [0.717, 1.165) is 35.8 Å². The summed E-state index contributed by atoms with van der Waals surface area (Å²) >= 11 is 6.05. The largest absolute Gasteiger partial charge is 0.497 e. The Morgan fingerprint density at radius 1 is 1.03 bits per heavy atom. The molecular formula is C29H35ClN6O3. The number of nitrogens with zero attached hydrogens (tertiary/aromatic N) is 5. The highest BCUT2D eigenvalue weighted by molar-refractivity contribution is 6.30. The minimum atomic E-state index is -0.317. The maximum Gasteiger partial charge on any atom is 0.322 e. The van der Waals surface area contributed by atoms with Gasteiger partial charge in [0, 0.05) is 49.0 Å². The van der Waals surface area contributed by atoms with Crippen LogP contribution in [0.2, 0.25) is 5.02 Å². The summed E-state index contributed by atoms with van der Waals surface area (Å²) in [7, 11) is 1.64. The smallest absolute Gasteiger partial charge is 0.322 e. The second kappa shape index (κ2) is 13.3. The van der Waals surface area contributed by atoms with E-state index in [0.29, 0.717) is 36.9 Å². The van der Waals surface area contributed by atoms with Gasteiger partial charge in [0.2, 0.25) is 5.91 Å². The lowest BCUT2D eigenvalue weighted by Gasteiger charge is -2.28. The number of halogens is 1. The van der Waals surface area contributed by atoms with Gasteiger partial charge in [-0.25, -0.2) is 4.79 Å². The van der Waals surface area contributed by atoms with E-state index in [2.05, 4.69) is 20.4 Å². The fourth-order valence-corrected chi connectivity index (χ4v) is 4.71. The fraction of sp³-hybridized carbons (Fsp3) is 0.379. The third-order valence-corrected chi connectivity index (χ3v) is 6.70. The minimum Gasteiger partial charge on any atom is -0.497 e. The molecule has 1 fully saturated rings. The Labute approximate surface area is 234 Å². The van der Waals surface area contributed by atoms with Crippen LogP contribution in [0.25, 0.3) is 11.3 Å². The number of hydrogen-bond donors (Lipinski definition) is 1. The maximum atomic E-state index is 13.3. The molecule has 2 aromatic carbocycles. The van der Waals surface area contributed by atoms with Crippen LogP contribution in [0, 0.1) is 5.92 Å². The van der Waals surface area contributed by atoms with Crippen molar-refractivity contribution in [2.45, 2.75) is 20.3 Å². The van der Waals surface area contributed by atoms with E-state index in [-0.39, 0.29) is 24.4 Å². The summed E-state index contributed by atoms with van der Waals surface area (Å²) in [5, 5.41) is 12.3. The predicted molar refractivity (Wildman–Crippen MR) is 154 cm³/mol. The van der Waals surface area contributed by atoms with Crippen LogP contribution in [0.15, 0.2) is 60.7 Å². The number of benzene rings is 2. The molecule has 0 bridgehead atoms. The molecule has 1 aliphatic rings. The third-order valence-electron chi connectivity index (χ3n) is 6.46. The Morgan fingerprint density at radius 2 is 1.85 bits per heavy atom. The minimum absolute atomic E-state index is 0.0135. The first-order chi connectivity index (χ1) is 18.8. The Balaban J connectivity index is 1.36. The van der Waals surface area contributed by atoms with E-state index in [4.69, 9.17) is 16.3 Å². The van der Waals surface area contributed by atoms with Crippen molar-refractivity contribution in [2.24, 2.45) is 5.92 Å². The van der Waals surface area contributed by atoms with Gasteiger partial charge in [0.25, 0.3) is 0 Å². The molecule has 1 aromatic heterocycles. The summed E-state index contributed by atoms with van der Waals surface area (Å²) in [5.41, 5.74) is 2.30. The van der Waals surface area contributed by atoms with Gasteiger partial charge >= 0.3 is 6.03 Å². The Morgan fingerprint density at radius 3 is 2.56 bits per heavy atom. The number of nitrogens with one attached hydrogen (secondary N) is 1. The van der Waals surface area contributed by atoms with Crippen LogP contribution in [0.4, 0.5) is 16.3 Å². The Bertz CT molecular complexity index is 1270. The number of carbonyl (C=O) groups excluding carboxylic acids is 2. The van der Waals surface area contributed by atoms with Crippen LogP contribution in [0.5, 0.6) is 5.75 Å². The van der Waals surface area contributed by atoms with E-state index in [1.54, 1.807) is 36.3 Å². The molecule has 4 rings (SSSR count). The lowest BCUT2D eigenvalue weighted by molar-refractivity contribution is -0.131. The first-order valence-corrected chi connectivity index (χ1v) is 13.5. The van der Waals surface area contributed by atoms with Gasteiger partial charge in [0.05, 0.1) is 12.8 Å². The zero-order valence-corrected chi connectivity index (χ0v) is 23.4. The quantitative estimate of drug-likeness (QED) is 0.423. The van der Waals surface area contributed by atoms with Crippen molar-refractivity contribution in [3.63, 3.8) is 0 Å². The van der Waals surface area contributed by atoms with E-state index in [9.17, 15) is 9.59 Å². The normalized spacial score (nSPS) is 13.7. The van der Waals surface area contributed by atoms with Crippen molar-refractivity contribution in [1.82, 2.24) is 20.0 Å². The number of amides is 3. The number of urea groups is 1. The molecular weight excluding hydrogens is 516 g/mol. The van der Waals surface area contributed by atoms with E-state index < -0.39 is 0 Å². The van der Waals surface area contributed by atoms with Crippen molar-refractivity contribution in [3.8, 4) is 17.0 Å². The molecule has 0 saturated carbocycles. The van der Waals surface area contributed by atoms with Crippen LogP contribution in [-0.2, 0) is 4.79 Å². The summed E-state index contributed by atoms with van der Waals surface area (Å²) in [6, 6.07) is 18.3. The predicted octanol–water partition coefficient (Wildman–Crippen LogP) is 5.03. The first-order valence-electron chi connectivity index (χ1n) is 13.1. The molecule has 0 spiro atoms. The van der Waals surface area contributed by atoms with Crippen molar-refractivity contribution in [3.05, 3.63) is 65.7 Å². The van der Waals surface area contributed by atoms with Crippen LogP contribution < -0.4 is 15.0 Å². The molecule has 0 unspecified atom stereocenters. The monoisotopic (exact) mass is 550 g/mol. The molecule has 2 heterocycles. The van der Waals surface area contributed by atoms with Gasteiger partial charge in [0.15, 0.2) is 5.82 Å². The zero-order chi connectivity index (χ0) is 27.8. The lowest BCUT2D eigenvalue weighted by atomic mass is 10.1. The van der Waals surface area contributed by atoms with Gasteiger partial charge in [0.1, 0.15) is 12.3 Å². The van der Waals surface area contributed by atoms with Gasteiger partial charge in [-0.15, -0.1) is 10.2 Å². The highest BCUT2D eigenvalue weighted by Gasteiger charge is 2.25. The topological polar surface area (TPSA) is 90.9 Å². The molecule has 9 nitrogen and oxygen atoms in total. The second-order valence-corrected chi connectivity index (χ2v) is 10.4. The summed E-state index contributed by atoms with van der Waals surface area (Å²) in [6.45, 7) is 7.09. The van der Waals surface area contributed by atoms with Gasteiger partial charge in [-0.2, -0.15) is 0 Å². The highest BCUT2D eigenvalue weighted by atomic mass is 35.5. The van der Waals surface area contributed by atoms with E-state index in [1.165, 1.54) is 0 Å².